The van der Waals surface area contributed by atoms with Crippen molar-refractivity contribution in [1.29, 1.82) is 0 Å². The highest BCUT2D eigenvalue weighted by Gasteiger charge is 2.24. The van der Waals surface area contributed by atoms with Gasteiger partial charge >= 0.3 is 5.97 Å². The first-order valence-electron chi connectivity index (χ1n) is 23.9. The van der Waals surface area contributed by atoms with Gasteiger partial charge in [0.25, 0.3) is 0 Å². The molecule has 1 amide bonds. The molecule has 0 rings (SSSR count). The summed E-state index contributed by atoms with van der Waals surface area (Å²) >= 11 is 0. The van der Waals surface area contributed by atoms with Gasteiger partial charge < -0.3 is 20.3 Å². The summed E-state index contributed by atoms with van der Waals surface area (Å²) in [6.07, 6.45) is 51.8. The third kappa shape index (κ3) is 38.7. The zero-order chi connectivity index (χ0) is 41.0. The largest absolute Gasteiger partial charge is 0.462 e. The maximum atomic E-state index is 13.1. The number of hydrogen-bond acceptors (Lipinski definition) is 5. The Balaban J connectivity index is 4.47. The first kappa shape index (κ1) is 53.8. The minimum Gasteiger partial charge on any atom is -0.462 e. The minimum atomic E-state index is -0.791. The maximum Gasteiger partial charge on any atom is 0.306 e. The van der Waals surface area contributed by atoms with E-state index in [1.54, 1.807) is 0 Å². The van der Waals surface area contributed by atoms with Gasteiger partial charge in [-0.15, -0.1) is 0 Å². The number of carbonyl (C=O) groups excluding carboxylic acids is 2. The first-order valence-corrected chi connectivity index (χ1v) is 23.9. The average Bonchev–Trinajstić information content (AvgIpc) is 3.19. The highest BCUT2D eigenvalue weighted by Crippen LogP contribution is 2.17. The van der Waals surface area contributed by atoms with Crippen LogP contribution < -0.4 is 5.32 Å². The molecule has 3 N–H and O–H groups in total. The Labute approximate surface area is 346 Å². The molecule has 0 aliphatic heterocycles. The Hall–Kier alpha value is -2.18. The molecule has 0 aliphatic carbocycles. The summed E-state index contributed by atoms with van der Waals surface area (Å²) in [5, 5.41) is 23.6. The van der Waals surface area contributed by atoms with Crippen LogP contribution >= 0.6 is 0 Å². The van der Waals surface area contributed by atoms with Gasteiger partial charge in [0.1, 0.15) is 6.10 Å². The number of aliphatic hydroxyl groups excluding tert-OH is 2. The standard InChI is InChI=1S/C50H91NO5/c1-4-7-10-13-16-19-21-23-24-25-27-29-31-34-37-40-43-50(55)56-46(41-38-35-32-18-15-12-9-6-3)44-49(54)51-47(45-52)48(53)42-39-36-33-30-28-26-22-20-17-14-11-8-5-2/h7,10,12,15-16,19,23-24,46-48,52-53H,4-6,8-9,11,13-14,17-18,20-22,25-45H2,1-3H3,(H,51,54)/b10-7+,15-12-,19-16+,24-23+. The van der Waals surface area contributed by atoms with Crippen LogP contribution in [0.5, 0.6) is 0 Å². The molecule has 3 unspecified atom stereocenters. The molecule has 0 heterocycles. The van der Waals surface area contributed by atoms with Gasteiger partial charge in [-0.05, 0) is 77.0 Å². The molecule has 0 saturated carbocycles. The Morgan fingerprint density at radius 1 is 0.536 bits per heavy atom. The fourth-order valence-electron chi connectivity index (χ4n) is 7.03. The third-order valence-corrected chi connectivity index (χ3v) is 10.6. The molecule has 0 saturated heterocycles. The summed E-state index contributed by atoms with van der Waals surface area (Å²) in [6, 6.07) is -0.706. The SMILES string of the molecule is CC/C=C/C/C=C/C/C=C/CCCCCCCCC(=O)OC(CCCCC/C=C\CCC)CC(=O)NC(CO)C(O)CCCCCCCCCCCCCCC. The highest BCUT2D eigenvalue weighted by atomic mass is 16.5. The van der Waals surface area contributed by atoms with E-state index < -0.39 is 18.2 Å². The topological polar surface area (TPSA) is 95.9 Å². The second-order valence-electron chi connectivity index (χ2n) is 16.1. The Morgan fingerprint density at radius 2 is 1.00 bits per heavy atom. The monoisotopic (exact) mass is 786 g/mol. The van der Waals surface area contributed by atoms with E-state index in [0.717, 1.165) is 103 Å². The average molecular weight is 786 g/mol. The molecular formula is C50H91NO5. The van der Waals surface area contributed by atoms with E-state index in [4.69, 9.17) is 4.74 Å². The van der Waals surface area contributed by atoms with Crippen LogP contribution in [0.3, 0.4) is 0 Å². The van der Waals surface area contributed by atoms with E-state index in [-0.39, 0.29) is 24.9 Å². The number of amides is 1. The van der Waals surface area contributed by atoms with Crippen molar-refractivity contribution in [1.82, 2.24) is 5.32 Å². The van der Waals surface area contributed by atoms with Crippen molar-refractivity contribution in [3.63, 3.8) is 0 Å². The fourth-order valence-corrected chi connectivity index (χ4v) is 7.03. The molecule has 0 aromatic rings. The van der Waals surface area contributed by atoms with E-state index in [0.29, 0.717) is 19.3 Å². The molecule has 56 heavy (non-hydrogen) atoms. The van der Waals surface area contributed by atoms with Crippen LogP contribution in [0.4, 0.5) is 0 Å². The van der Waals surface area contributed by atoms with E-state index in [1.165, 1.54) is 83.5 Å². The van der Waals surface area contributed by atoms with Gasteiger partial charge in [-0.25, -0.2) is 0 Å². The van der Waals surface area contributed by atoms with Crippen LogP contribution in [0.15, 0.2) is 48.6 Å². The lowest BCUT2D eigenvalue weighted by atomic mass is 10.0. The summed E-state index contributed by atoms with van der Waals surface area (Å²) in [4.78, 5) is 26.0. The Kier molecular flexibility index (Phi) is 42.2. The van der Waals surface area contributed by atoms with Gasteiger partial charge in [-0.2, -0.15) is 0 Å². The lowest BCUT2D eigenvalue weighted by Gasteiger charge is -2.24. The number of carbonyl (C=O) groups is 2. The summed E-state index contributed by atoms with van der Waals surface area (Å²) < 4.78 is 5.88. The number of nitrogens with one attached hydrogen (secondary N) is 1. The van der Waals surface area contributed by atoms with Crippen LogP contribution in [0.1, 0.15) is 233 Å². The van der Waals surface area contributed by atoms with E-state index in [2.05, 4.69) is 74.7 Å². The van der Waals surface area contributed by atoms with Crippen LogP contribution in [0, 0.1) is 0 Å². The number of hydrogen-bond donors (Lipinski definition) is 3. The number of rotatable bonds is 42. The Morgan fingerprint density at radius 3 is 1.57 bits per heavy atom. The maximum absolute atomic E-state index is 13.1. The quantitative estimate of drug-likeness (QED) is 0.0325. The molecule has 0 aliphatic rings. The molecule has 0 aromatic carbocycles. The molecule has 6 heteroatoms. The number of ether oxygens (including phenoxy) is 1. The molecule has 6 nitrogen and oxygen atoms in total. The van der Waals surface area contributed by atoms with E-state index >= 15 is 0 Å². The van der Waals surface area contributed by atoms with Crippen molar-refractivity contribution in [2.24, 2.45) is 0 Å². The van der Waals surface area contributed by atoms with E-state index in [9.17, 15) is 19.8 Å². The van der Waals surface area contributed by atoms with Gasteiger partial charge in [-0.1, -0.05) is 191 Å². The van der Waals surface area contributed by atoms with Crippen molar-refractivity contribution in [3.8, 4) is 0 Å². The van der Waals surface area contributed by atoms with Crippen molar-refractivity contribution in [2.75, 3.05) is 6.61 Å². The second-order valence-corrected chi connectivity index (χ2v) is 16.1. The summed E-state index contributed by atoms with van der Waals surface area (Å²) in [5.74, 6) is -0.507. The molecule has 3 atom stereocenters. The van der Waals surface area contributed by atoms with Crippen LogP contribution in [0.2, 0.25) is 0 Å². The van der Waals surface area contributed by atoms with Crippen LogP contribution in [0.25, 0.3) is 0 Å². The number of unbranched alkanes of at least 4 members (excludes halogenated alkanes) is 22. The van der Waals surface area contributed by atoms with Gasteiger partial charge in [-0.3, -0.25) is 9.59 Å². The lowest BCUT2D eigenvalue weighted by Crippen LogP contribution is -2.46. The highest BCUT2D eigenvalue weighted by molar-refractivity contribution is 5.77. The first-order chi connectivity index (χ1) is 27.5. The Bertz CT molecular complexity index is 972. The predicted molar refractivity (Wildman–Crippen MR) is 241 cm³/mol. The van der Waals surface area contributed by atoms with Gasteiger partial charge in [0, 0.05) is 6.42 Å². The molecule has 0 bridgehead atoms. The van der Waals surface area contributed by atoms with Crippen molar-refractivity contribution < 1.29 is 24.5 Å². The number of aliphatic hydroxyl groups is 2. The smallest absolute Gasteiger partial charge is 0.306 e. The zero-order valence-corrected chi connectivity index (χ0v) is 37.0. The van der Waals surface area contributed by atoms with Crippen molar-refractivity contribution in [2.45, 2.75) is 251 Å². The number of allylic oxidation sites excluding steroid dienone is 8. The van der Waals surface area contributed by atoms with Crippen molar-refractivity contribution in [3.05, 3.63) is 48.6 Å². The predicted octanol–water partition coefficient (Wildman–Crippen LogP) is 13.9. The van der Waals surface area contributed by atoms with Gasteiger partial charge in [0.2, 0.25) is 5.91 Å². The summed E-state index contributed by atoms with van der Waals surface area (Å²) in [5.41, 5.74) is 0. The minimum absolute atomic E-state index is 0.0607. The van der Waals surface area contributed by atoms with Crippen molar-refractivity contribution >= 4 is 11.9 Å². The van der Waals surface area contributed by atoms with Gasteiger partial charge in [0.05, 0.1) is 25.2 Å². The van der Waals surface area contributed by atoms with Crippen LogP contribution in [-0.2, 0) is 14.3 Å². The van der Waals surface area contributed by atoms with E-state index in [1.807, 2.05) is 0 Å². The summed E-state index contributed by atoms with van der Waals surface area (Å²) in [6.45, 7) is 6.29. The molecule has 0 spiro atoms. The van der Waals surface area contributed by atoms with Crippen LogP contribution in [-0.4, -0.2) is 46.9 Å². The normalized spacial score (nSPS) is 13.7. The molecule has 0 radical (unpaired) electrons. The second kappa shape index (κ2) is 43.9. The molecular weight excluding hydrogens is 695 g/mol. The molecule has 0 fully saturated rings. The zero-order valence-electron chi connectivity index (χ0n) is 37.0. The number of esters is 1. The molecule has 0 aromatic heterocycles. The lowest BCUT2D eigenvalue weighted by molar-refractivity contribution is -0.151. The molecule has 326 valence electrons. The summed E-state index contributed by atoms with van der Waals surface area (Å²) in [7, 11) is 0. The third-order valence-electron chi connectivity index (χ3n) is 10.6. The fraction of sp³-hybridized carbons (Fsp3) is 0.800. The van der Waals surface area contributed by atoms with Gasteiger partial charge in [0.15, 0.2) is 0 Å².